The second-order valence-corrected chi connectivity index (χ2v) is 6.62. The first-order valence-electron chi connectivity index (χ1n) is 9.15. The Morgan fingerprint density at radius 1 is 1.23 bits per heavy atom. The normalized spacial score (nSPS) is 19.3. The number of aromatic nitrogens is 1. The molecule has 0 saturated carbocycles. The number of pyridine rings is 1. The number of hydrogen-bond acceptors (Lipinski definition) is 1. The molecule has 1 atom stereocenters. The maximum absolute atomic E-state index is 2.48. The van der Waals surface area contributed by atoms with Gasteiger partial charge in [-0.2, -0.15) is 0 Å². The van der Waals surface area contributed by atoms with Crippen LogP contribution in [0.15, 0.2) is 36.7 Å². The minimum atomic E-state index is 0.626. The Bertz CT molecular complexity index is 453. The third-order valence-electron chi connectivity index (χ3n) is 4.73. The molecule has 1 saturated heterocycles. The molecule has 2 heteroatoms. The average molecular weight is 301 g/mol. The lowest BCUT2D eigenvalue weighted by Gasteiger charge is -2.18. The van der Waals surface area contributed by atoms with Crippen LogP contribution in [0, 0.1) is 0 Å². The van der Waals surface area contributed by atoms with Crippen LogP contribution < -0.4 is 4.57 Å². The molecule has 0 spiro atoms. The summed E-state index contributed by atoms with van der Waals surface area (Å²) >= 11 is 0. The van der Waals surface area contributed by atoms with E-state index in [1.54, 1.807) is 0 Å². The highest BCUT2D eigenvalue weighted by atomic mass is 15.1. The van der Waals surface area contributed by atoms with Crippen molar-refractivity contribution in [3.8, 4) is 0 Å². The Balaban J connectivity index is 1.73. The first-order chi connectivity index (χ1) is 10.8. The summed E-state index contributed by atoms with van der Waals surface area (Å²) in [6.07, 6.45) is 19.7. The second kappa shape index (κ2) is 9.78. The topological polar surface area (TPSA) is 7.12 Å². The van der Waals surface area contributed by atoms with E-state index in [2.05, 4.69) is 60.1 Å². The van der Waals surface area contributed by atoms with Gasteiger partial charge in [0, 0.05) is 24.1 Å². The van der Waals surface area contributed by atoms with Crippen LogP contribution in [0.2, 0.25) is 0 Å². The fourth-order valence-electron chi connectivity index (χ4n) is 3.36. The van der Waals surface area contributed by atoms with Gasteiger partial charge < -0.3 is 0 Å². The molecule has 1 fully saturated rings. The molecule has 1 aromatic rings. The molecular formula is C20H33N2+. The van der Waals surface area contributed by atoms with Gasteiger partial charge >= 0.3 is 0 Å². The summed E-state index contributed by atoms with van der Waals surface area (Å²) in [7, 11) is 2.25. The van der Waals surface area contributed by atoms with E-state index in [4.69, 9.17) is 0 Å². The zero-order chi connectivity index (χ0) is 15.6. The van der Waals surface area contributed by atoms with Gasteiger partial charge in [-0.15, -0.1) is 0 Å². The quantitative estimate of drug-likeness (QED) is 0.365. The molecule has 0 radical (unpaired) electrons. The zero-order valence-electron chi connectivity index (χ0n) is 14.5. The van der Waals surface area contributed by atoms with Gasteiger partial charge in [0.2, 0.25) is 0 Å². The van der Waals surface area contributed by atoms with Gasteiger partial charge in [0.25, 0.3) is 0 Å². The molecule has 22 heavy (non-hydrogen) atoms. The fourth-order valence-corrected chi connectivity index (χ4v) is 3.36. The lowest BCUT2D eigenvalue weighted by Crippen LogP contribution is -2.34. The van der Waals surface area contributed by atoms with Crippen LogP contribution in [0.4, 0.5) is 0 Å². The number of aryl methyl sites for hydroxylation is 1. The molecule has 122 valence electrons. The summed E-state index contributed by atoms with van der Waals surface area (Å²) in [5, 5.41) is 0. The molecule has 1 aromatic heterocycles. The van der Waals surface area contributed by atoms with Gasteiger partial charge in [0.1, 0.15) is 0 Å². The lowest BCUT2D eigenvalue weighted by atomic mass is 10.1. The fraction of sp³-hybridized carbons (Fsp3) is 0.650. The van der Waals surface area contributed by atoms with E-state index in [0.29, 0.717) is 6.04 Å². The van der Waals surface area contributed by atoms with Crippen molar-refractivity contribution >= 4 is 0 Å². The molecule has 2 heterocycles. The van der Waals surface area contributed by atoms with Gasteiger partial charge in [-0.05, 0) is 45.3 Å². The molecule has 2 nitrogen and oxygen atoms in total. The van der Waals surface area contributed by atoms with Crippen LogP contribution in [0.1, 0.15) is 69.9 Å². The van der Waals surface area contributed by atoms with Gasteiger partial charge in [0.05, 0.1) is 0 Å². The SMILES string of the molecule is CCCCCC/C=C\CC[n+]1cccc([C@@H]2CCCN2C)c1. The lowest BCUT2D eigenvalue weighted by molar-refractivity contribution is -0.696. The first-order valence-corrected chi connectivity index (χ1v) is 9.15. The van der Waals surface area contributed by atoms with E-state index in [0.717, 1.165) is 13.0 Å². The molecule has 0 bridgehead atoms. The Morgan fingerprint density at radius 3 is 2.86 bits per heavy atom. The van der Waals surface area contributed by atoms with Crippen molar-refractivity contribution in [1.82, 2.24) is 4.90 Å². The van der Waals surface area contributed by atoms with Crippen LogP contribution in [-0.4, -0.2) is 18.5 Å². The molecule has 0 N–H and O–H groups in total. The number of unbranched alkanes of at least 4 members (excludes halogenated alkanes) is 4. The van der Waals surface area contributed by atoms with Crippen molar-refractivity contribution in [2.24, 2.45) is 0 Å². The van der Waals surface area contributed by atoms with Crippen LogP contribution in [0.25, 0.3) is 0 Å². The Morgan fingerprint density at radius 2 is 2.09 bits per heavy atom. The maximum atomic E-state index is 2.48. The smallest absolute Gasteiger partial charge is 0.173 e. The summed E-state index contributed by atoms with van der Waals surface area (Å²) in [5.41, 5.74) is 1.48. The number of hydrogen-bond donors (Lipinski definition) is 0. The minimum absolute atomic E-state index is 0.626. The molecule has 2 rings (SSSR count). The van der Waals surface area contributed by atoms with Gasteiger partial charge in [0.15, 0.2) is 18.9 Å². The predicted molar refractivity (Wildman–Crippen MR) is 93.8 cm³/mol. The monoisotopic (exact) mass is 301 g/mol. The van der Waals surface area contributed by atoms with Crippen LogP contribution in [0.5, 0.6) is 0 Å². The van der Waals surface area contributed by atoms with Crippen LogP contribution in [-0.2, 0) is 6.54 Å². The molecule has 0 aromatic carbocycles. The van der Waals surface area contributed by atoms with Gasteiger partial charge in [-0.3, -0.25) is 4.90 Å². The molecule has 1 aliphatic heterocycles. The van der Waals surface area contributed by atoms with Crippen LogP contribution in [0.3, 0.4) is 0 Å². The third kappa shape index (κ3) is 5.57. The van der Waals surface area contributed by atoms with Crippen molar-refractivity contribution in [1.29, 1.82) is 0 Å². The number of likely N-dealkylation sites (tertiary alicyclic amines) is 1. The number of nitrogens with zero attached hydrogens (tertiary/aromatic N) is 2. The average Bonchev–Trinajstić information content (AvgIpc) is 2.96. The first kappa shape index (κ1) is 17.2. The molecule has 0 aliphatic carbocycles. The summed E-state index contributed by atoms with van der Waals surface area (Å²) in [6.45, 7) is 4.60. The van der Waals surface area contributed by atoms with E-state index in [1.807, 2.05) is 0 Å². The Kier molecular flexibility index (Phi) is 7.65. The van der Waals surface area contributed by atoms with E-state index >= 15 is 0 Å². The summed E-state index contributed by atoms with van der Waals surface area (Å²) in [4.78, 5) is 2.48. The number of rotatable bonds is 9. The molecule has 0 amide bonds. The van der Waals surface area contributed by atoms with Crippen LogP contribution >= 0.6 is 0 Å². The summed E-state index contributed by atoms with van der Waals surface area (Å²) in [5.74, 6) is 0. The maximum Gasteiger partial charge on any atom is 0.173 e. The highest BCUT2D eigenvalue weighted by Gasteiger charge is 2.24. The largest absolute Gasteiger partial charge is 0.299 e. The predicted octanol–water partition coefficient (Wildman–Crippen LogP) is 4.66. The van der Waals surface area contributed by atoms with E-state index in [-0.39, 0.29) is 0 Å². The second-order valence-electron chi connectivity index (χ2n) is 6.62. The van der Waals surface area contributed by atoms with Crippen molar-refractivity contribution in [3.63, 3.8) is 0 Å². The summed E-state index contributed by atoms with van der Waals surface area (Å²) in [6, 6.07) is 5.12. The summed E-state index contributed by atoms with van der Waals surface area (Å²) < 4.78 is 2.35. The third-order valence-corrected chi connectivity index (χ3v) is 4.73. The van der Waals surface area contributed by atoms with Crippen molar-refractivity contribution in [2.45, 2.75) is 70.9 Å². The molecule has 0 unspecified atom stereocenters. The highest BCUT2D eigenvalue weighted by molar-refractivity contribution is 5.12. The van der Waals surface area contributed by atoms with Crippen molar-refractivity contribution in [2.75, 3.05) is 13.6 Å². The zero-order valence-corrected chi connectivity index (χ0v) is 14.5. The number of allylic oxidation sites excluding steroid dienone is 2. The molecule has 1 aliphatic rings. The standard InChI is InChI=1S/C20H33N2/c1-3-4-5-6-7-8-9-10-16-22-17-11-13-19(18-22)20-14-12-15-21(20)2/h8-9,11,13,17-18,20H,3-7,10,12,14-16H2,1-2H3/q+1/b9-8-/t20-/m0/s1. The van der Waals surface area contributed by atoms with Gasteiger partial charge in [-0.25, -0.2) is 4.57 Å². The van der Waals surface area contributed by atoms with E-state index in [9.17, 15) is 0 Å². The van der Waals surface area contributed by atoms with Crippen molar-refractivity contribution < 1.29 is 4.57 Å². The van der Waals surface area contributed by atoms with Crippen molar-refractivity contribution in [3.05, 3.63) is 42.2 Å². The van der Waals surface area contributed by atoms with Gasteiger partial charge in [-0.1, -0.05) is 38.3 Å². The Labute approximate surface area is 136 Å². The molecular weight excluding hydrogens is 268 g/mol. The van der Waals surface area contributed by atoms with E-state index in [1.165, 1.54) is 57.1 Å². The Hall–Kier alpha value is -1.15. The highest BCUT2D eigenvalue weighted by Crippen LogP contribution is 2.29. The minimum Gasteiger partial charge on any atom is -0.299 e. The van der Waals surface area contributed by atoms with E-state index < -0.39 is 0 Å².